The molecule has 24 heavy (non-hydrogen) atoms. The zero-order valence-corrected chi connectivity index (χ0v) is 15.9. The molecule has 1 aromatic carbocycles. The van der Waals surface area contributed by atoms with E-state index in [9.17, 15) is 4.79 Å². The summed E-state index contributed by atoms with van der Waals surface area (Å²) < 4.78 is 1.05. The molecule has 0 spiro atoms. The summed E-state index contributed by atoms with van der Waals surface area (Å²) in [6, 6.07) is 8.12. The zero-order valence-electron chi connectivity index (χ0n) is 14.3. The lowest BCUT2D eigenvalue weighted by atomic mass is 10.2. The first kappa shape index (κ1) is 18.7. The summed E-state index contributed by atoms with van der Waals surface area (Å²) in [5, 5.41) is 3.33. The molecule has 0 saturated heterocycles. The van der Waals surface area contributed by atoms with Crippen molar-refractivity contribution in [2.75, 3.05) is 19.6 Å². The second-order valence-electron chi connectivity index (χ2n) is 5.60. The molecule has 0 radical (unpaired) electrons. The van der Waals surface area contributed by atoms with E-state index in [0.717, 1.165) is 47.6 Å². The van der Waals surface area contributed by atoms with Crippen LogP contribution in [0.25, 0.3) is 11.3 Å². The molecule has 0 aliphatic rings. The average Bonchev–Trinajstić information content (AvgIpc) is 3.04. The number of hydrogen-bond donors (Lipinski definition) is 2. The van der Waals surface area contributed by atoms with E-state index in [0.29, 0.717) is 13.0 Å². The Morgan fingerprint density at radius 1 is 1.33 bits per heavy atom. The number of aromatic amines is 1. The molecule has 1 amide bonds. The summed E-state index contributed by atoms with van der Waals surface area (Å²) in [5.41, 5.74) is 2.11. The van der Waals surface area contributed by atoms with E-state index in [4.69, 9.17) is 0 Å². The molecule has 0 fully saturated rings. The normalized spacial score (nSPS) is 10.8. The molecular formula is C18H25BrN4O. The van der Waals surface area contributed by atoms with Gasteiger partial charge in [0.25, 0.3) is 0 Å². The van der Waals surface area contributed by atoms with Crippen molar-refractivity contribution in [1.82, 2.24) is 20.2 Å². The third kappa shape index (κ3) is 5.46. The van der Waals surface area contributed by atoms with Gasteiger partial charge in [-0.05, 0) is 38.9 Å². The monoisotopic (exact) mass is 392 g/mol. The van der Waals surface area contributed by atoms with Gasteiger partial charge < -0.3 is 15.2 Å². The molecule has 2 aromatic rings. The number of carbonyl (C=O) groups is 1. The van der Waals surface area contributed by atoms with Crippen LogP contribution in [-0.2, 0) is 11.3 Å². The maximum Gasteiger partial charge on any atom is 0.222 e. The summed E-state index contributed by atoms with van der Waals surface area (Å²) >= 11 is 3.48. The van der Waals surface area contributed by atoms with Gasteiger partial charge in [-0.1, -0.05) is 28.1 Å². The van der Waals surface area contributed by atoms with Crippen LogP contribution in [0.1, 0.15) is 32.5 Å². The number of benzene rings is 1. The standard InChI is InChI=1S/C18H25BrN4O/c1-3-23(4-2)18(24)9-6-10-20-13-17-21-12-16(22-17)14-7-5-8-15(19)11-14/h5,7-8,11-12,20H,3-4,6,9-10,13H2,1-2H3,(H,21,22). The Morgan fingerprint density at radius 3 is 2.83 bits per heavy atom. The molecule has 0 aliphatic heterocycles. The molecule has 0 atom stereocenters. The Hall–Kier alpha value is -1.66. The van der Waals surface area contributed by atoms with Crippen molar-refractivity contribution < 1.29 is 4.79 Å². The van der Waals surface area contributed by atoms with Crippen LogP contribution in [0.5, 0.6) is 0 Å². The SMILES string of the molecule is CCN(CC)C(=O)CCCNCc1ncc(-c2cccc(Br)c2)[nH]1. The minimum Gasteiger partial charge on any atom is -0.343 e. The van der Waals surface area contributed by atoms with Crippen LogP contribution in [0.2, 0.25) is 0 Å². The van der Waals surface area contributed by atoms with Gasteiger partial charge in [-0.3, -0.25) is 4.79 Å². The van der Waals surface area contributed by atoms with Crippen LogP contribution >= 0.6 is 15.9 Å². The van der Waals surface area contributed by atoms with Crippen molar-refractivity contribution in [2.45, 2.75) is 33.2 Å². The highest BCUT2D eigenvalue weighted by Crippen LogP contribution is 2.21. The molecule has 2 N–H and O–H groups in total. The van der Waals surface area contributed by atoms with E-state index in [1.54, 1.807) is 0 Å². The number of aromatic nitrogens is 2. The molecule has 0 saturated carbocycles. The molecule has 1 heterocycles. The molecular weight excluding hydrogens is 368 g/mol. The lowest BCUT2D eigenvalue weighted by Gasteiger charge is -2.18. The minimum atomic E-state index is 0.233. The van der Waals surface area contributed by atoms with E-state index in [2.05, 4.69) is 37.3 Å². The fourth-order valence-electron chi connectivity index (χ4n) is 2.56. The third-order valence-corrected chi connectivity index (χ3v) is 4.41. The van der Waals surface area contributed by atoms with Gasteiger partial charge in [-0.2, -0.15) is 0 Å². The molecule has 5 nitrogen and oxygen atoms in total. The number of hydrogen-bond acceptors (Lipinski definition) is 3. The number of carbonyl (C=O) groups excluding carboxylic acids is 1. The number of nitrogens with one attached hydrogen (secondary N) is 2. The lowest BCUT2D eigenvalue weighted by molar-refractivity contribution is -0.130. The summed E-state index contributed by atoms with van der Waals surface area (Å²) in [6.45, 7) is 7.08. The van der Waals surface area contributed by atoms with Crippen LogP contribution in [0.4, 0.5) is 0 Å². The third-order valence-electron chi connectivity index (χ3n) is 3.92. The molecule has 130 valence electrons. The van der Waals surface area contributed by atoms with Gasteiger partial charge in [0, 0.05) is 29.5 Å². The Kier molecular flexibility index (Phi) is 7.46. The Labute approximate surface area is 152 Å². The number of imidazole rings is 1. The van der Waals surface area contributed by atoms with Crippen molar-refractivity contribution in [2.24, 2.45) is 0 Å². The molecule has 1 aromatic heterocycles. The van der Waals surface area contributed by atoms with E-state index < -0.39 is 0 Å². The van der Waals surface area contributed by atoms with Gasteiger partial charge in [-0.15, -0.1) is 0 Å². The van der Waals surface area contributed by atoms with Crippen LogP contribution in [-0.4, -0.2) is 40.4 Å². The summed E-state index contributed by atoms with van der Waals surface area (Å²) in [7, 11) is 0. The molecule has 0 aliphatic carbocycles. The molecule has 0 bridgehead atoms. The van der Waals surface area contributed by atoms with Crippen molar-refractivity contribution in [3.05, 3.63) is 40.8 Å². The summed E-state index contributed by atoms with van der Waals surface area (Å²) in [5.74, 6) is 1.14. The first-order valence-corrected chi connectivity index (χ1v) is 9.21. The number of H-pyrrole nitrogens is 1. The van der Waals surface area contributed by atoms with Gasteiger partial charge in [0.1, 0.15) is 5.82 Å². The maximum atomic E-state index is 11.9. The molecule has 6 heteroatoms. The Balaban J connectivity index is 1.73. The van der Waals surface area contributed by atoms with Gasteiger partial charge in [-0.25, -0.2) is 4.98 Å². The van der Waals surface area contributed by atoms with E-state index in [1.165, 1.54) is 0 Å². The quantitative estimate of drug-likeness (QED) is 0.641. The fourth-order valence-corrected chi connectivity index (χ4v) is 2.96. The topological polar surface area (TPSA) is 61.0 Å². The Morgan fingerprint density at radius 2 is 2.12 bits per heavy atom. The predicted molar refractivity (Wildman–Crippen MR) is 101 cm³/mol. The molecule has 0 unspecified atom stereocenters. The van der Waals surface area contributed by atoms with Gasteiger partial charge in [0.15, 0.2) is 0 Å². The van der Waals surface area contributed by atoms with Crippen LogP contribution in [0, 0.1) is 0 Å². The van der Waals surface area contributed by atoms with Crippen LogP contribution < -0.4 is 5.32 Å². The van der Waals surface area contributed by atoms with Crippen molar-refractivity contribution in [3.63, 3.8) is 0 Å². The van der Waals surface area contributed by atoms with Crippen molar-refractivity contribution in [3.8, 4) is 11.3 Å². The first-order valence-electron chi connectivity index (χ1n) is 8.42. The second kappa shape index (κ2) is 9.59. The Bertz CT molecular complexity index is 652. The van der Waals surface area contributed by atoms with E-state index in [-0.39, 0.29) is 5.91 Å². The second-order valence-corrected chi connectivity index (χ2v) is 6.52. The summed E-state index contributed by atoms with van der Waals surface area (Å²) in [6.07, 6.45) is 3.29. The predicted octanol–water partition coefficient (Wildman–Crippen LogP) is 3.58. The van der Waals surface area contributed by atoms with Gasteiger partial charge >= 0.3 is 0 Å². The highest BCUT2D eigenvalue weighted by Gasteiger charge is 2.08. The fraction of sp³-hybridized carbons (Fsp3) is 0.444. The first-order chi connectivity index (χ1) is 11.6. The average molecular weight is 393 g/mol. The van der Waals surface area contributed by atoms with Crippen LogP contribution in [0.3, 0.4) is 0 Å². The van der Waals surface area contributed by atoms with E-state index >= 15 is 0 Å². The number of nitrogens with zero attached hydrogens (tertiary/aromatic N) is 2. The minimum absolute atomic E-state index is 0.233. The maximum absolute atomic E-state index is 11.9. The van der Waals surface area contributed by atoms with E-state index in [1.807, 2.05) is 43.1 Å². The smallest absolute Gasteiger partial charge is 0.222 e. The largest absolute Gasteiger partial charge is 0.343 e. The number of halogens is 1. The van der Waals surface area contributed by atoms with Gasteiger partial charge in [0.05, 0.1) is 18.4 Å². The lowest BCUT2D eigenvalue weighted by Crippen LogP contribution is -2.30. The molecule has 2 rings (SSSR count). The van der Waals surface area contributed by atoms with Crippen LogP contribution in [0.15, 0.2) is 34.9 Å². The zero-order chi connectivity index (χ0) is 17.4. The number of rotatable bonds is 9. The number of amides is 1. The highest BCUT2D eigenvalue weighted by atomic mass is 79.9. The highest BCUT2D eigenvalue weighted by molar-refractivity contribution is 9.10. The summed E-state index contributed by atoms with van der Waals surface area (Å²) in [4.78, 5) is 21.5. The van der Waals surface area contributed by atoms with Crippen molar-refractivity contribution >= 4 is 21.8 Å². The van der Waals surface area contributed by atoms with Gasteiger partial charge in [0.2, 0.25) is 5.91 Å². The van der Waals surface area contributed by atoms with Crippen molar-refractivity contribution in [1.29, 1.82) is 0 Å².